The summed E-state index contributed by atoms with van der Waals surface area (Å²) < 4.78 is 17.2. The van der Waals surface area contributed by atoms with E-state index in [1.807, 2.05) is 36.4 Å². The van der Waals surface area contributed by atoms with Crippen LogP contribution < -0.4 is 14.2 Å². The fourth-order valence-corrected chi connectivity index (χ4v) is 2.92. The molecule has 0 aliphatic carbocycles. The van der Waals surface area contributed by atoms with E-state index in [0.717, 1.165) is 32.8 Å². The molecular weight excluding hydrogens is 400 g/mol. The van der Waals surface area contributed by atoms with Crippen molar-refractivity contribution in [2.45, 2.75) is 11.9 Å². The van der Waals surface area contributed by atoms with Crippen LogP contribution in [0.5, 0.6) is 17.2 Å². The van der Waals surface area contributed by atoms with Crippen molar-refractivity contribution in [3.05, 3.63) is 52.0 Å². The smallest absolute Gasteiger partial charge is 0.133 e. The van der Waals surface area contributed by atoms with Crippen molar-refractivity contribution in [3.8, 4) is 17.2 Å². The van der Waals surface area contributed by atoms with E-state index < -0.39 is 0 Å². The number of ether oxygens (including phenoxy) is 3. The lowest BCUT2D eigenvalue weighted by Gasteiger charge is -2.12. The van der Waals surface area contributed by atoms with Gasteiger partial charge in [-0.3, -0.25) is 0 Å². The molecule has 0 N–H and O–H groups in total. The monoisotopic (exact) mass is 414 g/mol. The highest BCUT2D eigenvalue weighted by molar-refractivity contribution is 9.10. The number of rotatable bonds is 6. The van der Waals surface area contributed by atoms with Gasteiger partial charge in [0, 0.05) is 10.9 Å². The van der Waals surface area contributed by atoms with Gasteiger partial charge in [-0.05, 0) is 51.8 Å². The number of alkyl halides is 1. The molecule has 0 aliphatic rings. The second-order valence-corrected chi connectivity index (χ2v) is 5.78. The molecule has 0 aromatic heterocycles. The largest absolute Gasteiger partial charge is 0.497 e. The van der Waals surface area contributed by atoms with Gasteiger partial charge in [0.15, 0.2) is 0 Å². The lowest BCUT2D eigenvalue weighted by Crippen LogP contribution is -1.99. The lowest BCUT2D eigenvalue weighted by atomic mass is 10.2. The molecule has 21 heavy (non-hydrogen) atoms. The van der Waals surface area contributed by atoms with Crippen molar-refractivity contribution >= 4 is 31.9 Å². The van der Waals surface area contributed by atoms with E-state index in [1.54, 1.807) is 14.2 Å². The Morgan fingerprint density at radius 2 is 1.71 bits per heavy atom. The third kappa shape index (κ3) is 4.14. The van der Waals surface area contributed by atoms with Crippen LogP contribution in [0.15, 0.2) is 40.9 Å². The van der Waals surface area contributed by atoms with Crippen LogP contribution in [0, 0.1) is 0 Å². The molecule has 2 aromatic rings. The first-order chi connectivity index (χ1) is 10.2. The van der Waals surface area contributed by atoms with Crippen LogP contribution in [0.25, 0.3) is 0 Å². The molecule has 0 saturated carbocycles. The molecule has 0 heterocycles. The van der Waals surface area contributed by atoms with E-state index in [4.69, 9.17) is 14.2 Å². The maximum Gasteiger partial charge on any atom is 0.133 e. The number of methoxy groups -OCH3 is 2. The van der Waals surface area contributed by atoms with Gasteiger partial charge in [0.2, 0.25) is 0 Å². The van der Waals surface area contributed by atoms with Crippen molar-refractivity contribution in [1.29, 1.82) is 0 Å². The lowest BCUT2D eigenvalue weighted by molar-refractivity contribution is 0.302. The van der Waals surface area contributed by atoms with Crippen molar-refractivity contribution in [2.75, 3.05) is 14.2 Å². The first kappa shape index (κ1) is 16.2. The minimum atomic E-state index is 0.495. The van der Waals surface area contributed by atoms with Crippen molar-refractivity contribution in [3.63, 3.8) is 0 Å². The van der Waals surface area contributed by atoms with E-state index in [0.29, 0.717) is 11.9 Å². The van der Waals surface area contributed by atoms with E-state index in [2.05, 4.69) is 31.9 Å². The van der Waals surface area contributed by atoms with Gasteiger partial charge >= 0.3 is 0 Å². The Balaban J connectivity index is 2.10. The summed E-state index contributed by atoms with van der Waals surface area (Å²) in [7, 11) is 3.30. The van der Waals surface area contributed by atoms with E-state index >= 15 is 0 Å². The highest BCUT2D eigenvalue weighted by atomic mass is 79.9. The van der Waals surface area contributed by atoms with Crippen molar-refractivity contribution in [1.82, 2.24) is 0 Å². The molecule has 2 rings (SSSR count). The normalized spacial score (nSPS) is 10.3. The zero-order valence-electron chi connectivity index (χ0n) is 11.9. The molecule has 0 unspecified atom stereocenters. The number of hydrogen-bond donors (Lipinski definition) is 0. The first-order valence-electron chi connectivity index (χ1n) is 6.36. The molecule has 0 radical (unpaired) electrons. The highest BCUT2D eigenvalue weighted by Gasteiger charge is 2.06. The van der Waals surface area contributed by atoms with Crippen molar-refractivity contribution in [2.24, 2.45) is 0 Å². The molecule has 0 fully saturated rings. The third-order valence-corrected chi connectivity index (χ3v) is 4.25. The molecule has 0 atom stereocenters. The minimum Gasteiger partial charge on any atom is -0.497 e. The molecule has 3 nitrogen and oxygen atoms in total. The third-order valence-electron chi connectivity index (χ3n) is 3.02. The summed E-state index contributed by atoms with van der Waals surface area (Å²) in [5.74, 6) is 2.48. The number of hydrogen-bond acceptors (Lipinski definition) is 3. The van der Waals surface area contributed by atoms with E-state index in [1.165, 1.54) is 0 Å². The molecule has 2 aromatic carbocycles. The van der Waals surface area contributed by atoms with Gasteiger partial charge in [-0.2, -0.15) is 0 Å². The van der Waals surface area contributed by atoms with Crippen LogP contribution in [-0.4, -0.2) is 14.2 Å². The van der Waals surface area contributed by atoms with Crippen LogP contribution in [0.1, 0.15) is 11.1 Å². The van der Waals surface area contributed by atoms with Gasteiger partial charge in [0.05, 0.1) is 18.7 Å². The molecule has 0 saturated heterocycles. The first-order valence-corrected chi connectivity index (χ1v) is 8.27. The standard InChI is InChI=1S/C16H16Br2O3/c1-19-13-4-6-15(12(8-13)9-17)21-10-11-3-5-16(20-2)14(18)7-11/h3-8H,9-10H2,1-2H3. The Labute approximate surface area is 141 Å². The molecule has 0 amide bonds. The van der Waals surface area contributed by atoms with Crippen LogP contribution in [0.2, 0.25) is 0 Å². The van der Waals surface area contributed by atoms with Crippen LogP contribution in [-0.2, 0) is 11.9 Å². The highest BCUT2D eigenvalue weighted by Crippen LogP contribution is 2.29. The Morgan fingerprint density at radius 1 is 0.952 bits per heavy atom. The fourth-order valence-electron chi connectivity index (χ4n) is 1.89. The average Bonchev–Trinajstić information content (AvgIpc) is 2.52. The van der Waals surface area contributed by atoms with Gasteiger partial charge in [-0.1, -0.05) is 22.0 Å². The Kier molecular flexibility index (Phi) is 5.94. The summed E-state index contributed by atoms with van der Waals surface area (Å²) in [6.07, 6.45) is 0. The Bertz CT molecular complexity index is 614. The van der Waals surface area contributed by atoms with Gasteiger partial charge in [-0.15, -0.1) is 0 Å². The van der Waals surface area contributed by atoms with E-state index in [9.17, 15) is 0 Å². The van der Waals surface area contributed by atoms with Crippen LogP contribution >= 0.6 is 31.9 Å². The van der Waals surface area contributed by atoms with Gasteiger partial charge in [0.1, 0.15) is 23.9 Å². The maximum atomic E-state index is 5.89. The van der Waals surface area contributed by atoms with E-state index in [-0.39, 0.29) is 0 Å². The zero-order valence-corrected chi connectivity index (χ0v) is 15.0. The number of benzene rings is 2. The second kappa shape index (κ2) is 7.71. The van der Waals surface area contributed by atoms with Gasteiger partial charge in [-0.25, -0.2) is 0 Å². The molecular formula is C16H16Br2O3. The Hall–Kier alpha value is -1.20. The fraction of sp³-hybridized carbons (Fsp3) is 0.250. The molecule has 5 heteroatoms. The summed E-state index contributed by atoms with van der Waals surface area (Å²) in [5, 5.41) is 0.714. The minimum absolute atomic E-state index is 0.495. The SMILES string of the molecule is COc1ccc(OCc2ccc(OC)c(Br)c2)c(CBr)c1. The predicted molar refractivity (Wildman–Crippen MR) is 90.7 cm³/mol. The van der Waals surface area contributed by atoms with Crippen LogP contribution in [0.4, 0.5) is 0 Å². The summed E-state index contributed by atoms with van der Waals surface area (Å²) in [4.78, 5) is 0. The molecule has 0 bridgehead atoms. The van der Waals surface area contributed by atoms with Gasteiger partial charge < -0.3 is 14.2 Å². The summed E-state index contributed by atoms with van der Waals surface area (Å²) in [5.41, 5.74) is 2.13. The molecule has 0 aliphatic heterocycles. The summed E-state index contributed by atoms with van der Waals surface area (Å²) in [6, 6.07) is 11.7. The summed E-state index contributed by atoms with van der Waals surface area (Å²) in [6.45, 7) is 0.495. The quantitative estimate of drug-likeness (QED) is 0.625. The van der Waals surface area contributed by atoms with Crippen LogP contribution in [0.3, 0.4) is 0 Å². The van der Waals surface area contributed by atoms with Crippen molar-refractivity contribution < 1.29 is 14.2 Å². The zero-order chi connectivity index (χ0) is 15.2. The van der Waals surface area contributed by atoms with Gasteiger partial charge in [0.25, 0.3) is 0 Å². The summed E-state index contributed by atoms with van der Waals surface area (Å²) >= 11 is 6.94. The second-order valence-electron chi connectivity index (χ2n) is 4.36. The molecule has 0 spiro atoms. The Morgan fingerprint density at radius 3 is 2.33 bits per heavy atom. The topological polar surface area (TPSA) is 27.7 Å². The predicted octanol–water partition coefficient (Wildman–Crippen LogP) is 4.94. The molecule has 112 valence electrons. The average molecular weight is 416 g/mol. The number of halogens is 2. The maximum absolute atomic E-state index is 5.89.